The van der Waals surface area contributed by atoms with Crippen LogP contribution in [-0.4, -0.2) is 39.0 Å². The summed E-state index contributed by atoms with van der Waals surface area (Å²) in [5.41, 5.74) is 6.11. The highest BCUT2D eigenvalue weighted by atomic mass is 32.2. The molecule has 1 aromatic carbocycles. The molecule has 118 valence electrons. The Morgan fingerprint density at radius 1 is 1.38 bits per heavy atom. The number of benzene rings is 1. The normalized spacial score (nSPS) is 17.4. The van der Waals surface area contributed by atoms with Crippen LogP contribution in [0.2, 0.25) is 0 Å². The van der Waals surface area contributed by atoms with Crippen molar-refractivity contribution < 1.29 is 17.5 Å². The van der Waals surface area contributed by atoms with Crippen molar-refractivity contribution >= 4 is 10.0 Å². The minimum absolute atomic E-state index is 0.00283. The molecule has 0 saturated carbocycles. The predicted molar refractivity (Wildman–Crippen MR) is 77.8 cm³/mol. The number of hydrogen-bond donors (Lipinski definition) is 1. The van der Waals surface area contributed by atoms with Crippen LogP contribution in [-0.2, 0) is 21.3 Å². The lowest BCUT2D eigenvalue weighted by molar-refractivity contribution is 0.0632. The topological polar surface area (TPSA) is 72.6 Å². The van der Waals surface area contributed by atoms with Crippen molar-refractivity contribution in [3.05, 3.63) is 29.1 Å². The molecule has 0 atom stereocenters. The van der Waals surface area contributed by atoms with E-state index in [2.05, 4.69) is 0 Å². The summed E-state index contributed by atoms with van der Waals surface area (Å²) in [6.45, 7) is 2.66. The molecule has 0 aliphatic carbocycles. The van der Waals surface area contributed by atoms with Gasteiger partial charge in [-0.2, -0.15) is 4.31 Å². The number of hydrogen-bond acceptors (Lipinski definition) is 4. The molecule has 0 aromatic heterocycles. The maximum Gasteiger partial charge on any atom is 0.243 e. The molecule has 1 aliphatic heterocycles. The summed E-state index contributed by atoms with van der Waals surface area (Å²) in [6.07, 6.45) is 1.29. The highest BCUT2D eigenvalue weighted by molar-refractivity contribution is 7.89. The van der Waals surface area contributed by atoms with E-state index in [1.54, 1.807) is 0 Å². The monoisotopic (exact) mass is 316 g/mol. The molecule has 0 amide bonds. The first-order chi connectivity index (χ1) is 9.87. The molecule has 1 heterocycles. The van der Waals surface area contributed by atoms with Gasteiger partial charge in [-0.3, -0.25) is 0 Å². The number of nitrogens with zero attached hydrogens (tertiary/aromatic N) is 1. The van der Waals surface area contributed by atoms with Gasteiger partial charge in [-0.1, -0.05) is 0 Å². The Bertz CT molecular complexity index is 613. The zero-order chi connectivity index (χ0) is 15.6. The molecule has 0 unspecified atom stereocenters. The Kier molecular flexibility index (Phi) is 4.98. The second kappa shape index (κ2) is 6.39. The van der Waals surface area contributed by atoms with Crippen LogP contribution in [0.1, 0.15) is 24.0 Å². The molecule has 1 fully saturated rings. The summed E-state index contributed by atoms with van der Waals surface area (Å²) in [4.78, 5) is -0.00283. The maximum atomic E-state index is 13.9. The third kappa shape index (κ3) is 3.26. The van der Waals surface area contributed by atoms with Gasteiger partial charge in [0.25, 0.3) is 0 Å². The number of rotatable bonds is 4. The van der Waals surface area contributed by atoms with Crippen molar-refractivity contribution in [1.29, 1.82) is 0 Å². The van der Waals surface area contributed by atoms with E-state index in [1.165, 1.54) is 30.4 Å². The van der Waals surface area contributed by atoms with Gasteiger partial charge in [0.05, 0.1) is 4.90 Å². The molecule has 7 heteroatoms. The van der Waals surface area contributed by atoms with Crippen LogP contribution >= 0.6 is 0 Å². The molecule has 1 aliphatic rings. The van der Waals surface area contributed by atoms with E-state index in [0.717, 1.165) is 0 Å². The van der Waals surface area contributed by atoms with E-state index in [9.17, 15) is 12.8 Å². The second-order valence-electron chi connectivity index (χ2n) is 5.27. The van der Waals surface area contributed by atoms with Crippen LogP contribution in [0.3, 0.4) is 0 Å². The SMILES string of the molecule is Cc1c(F)cc(CN)cc1S(=O)(=O)N(C)C1CCOCC1. The van der Waals surface area contributed by atoms with E-state index in [0.29, 0.717) is 31.6 Å². The van der Waals surface area contributed by atoms with E-state index < -0.39 is 15.8 Å². The first-order valence-corrected chi connectivity index (χ1v) is 8.36. The number of halogens is 1. The highest BCUT2D eigenvalue weighted by Crippen LogP contribution is 2.26. The fraction of sp³-hybridized carbons (Fsp3) is 0.571. The molecular weight excluding hydrogens is 295 g/mol. The van der Waals surface area contributed by atoms with E-state index in [-0.39, 0.29) is 23.0 Å². The standard InChI is InChI=1S/C14H21FN2O3S/c1-10-13(15)7-11(9-16)8-14(10)21(18,19)17(2)12-3-5-20-6-4-12/h7-8,12H,3-6,9,16H2,1-2H3. The van der Waals surface area contributed by atoms with Crippen molar-refractivity contribution in [2.45, 2.75) is 37.2 Å². The van der Waals surface area contributed by atoms with Gasteiger partial charge in [0, 0.05) is 38.4 Å². The van der Waals surface area contributed by atoms with Gasteiger partial charge in [-0.15, -0.1) is 0 Å². The minimum atomic E-state index is -3.74. The van der Waals surface area contributed by atoms with Crippen molar-refractivity contribution in [3.63, 3.8) is 0 Å². The summed E-state index contributed by atoms with van der Waals surface area (Å²) < 4.78 is 46.0. The third-order valence-corrected chi connectivity index (χ3v) is 5.99. The summed E-state index contributed by atoms with van der Waals surface area (Å²) in [5, 5.41) is 0. The molecule has 2 N–H and O–H groups in total. The highest BCUT2D eigenvalue weighted by Gasteiger charge is 2.31. The summed E-state index contributed by atoms with van der Waals surface area (Å²) in [5.74, 6) is -0.545. The fourth-order valence-corrected chi connectivity index (χ4v) is 4.19. The van der Waals surface area contributed by atoms with Gasteiger partial charge in [0.1, 0.15) is 5.82 Å². The van der Waals surface area contributed by atoms with Crippen molar-refractivity contribution in [3.8, 4) is 0 Å². The molecule has 1 saturated heterocycles. The lowest BCUT2D eigenvalue weighted by Crippen LogP contribution is -2.40. The van der Waals surface area contributed by atoms with Crippen molar-refractivity contribution in [2.75, 3.05) is 20.3 Å². The maximum absolute atomic E-state index is 13.9. The van der Waals surface area contributed by atoms with Gasteiger partial charge in [0.2, 0.25) is 10.0 Å². The van der Waals surface area contributed by atoms with Gasteiger partial charge in [-0.05, 0) is 37.5 Å². The number of ether oxygens (including phenoxy) is 1. The van der Waals surface area contributed by atoms with Crippen LogP contribution in [0.25, 0.3) is 0 Å². The van der Waals surface area contributed by atoms with Gasteiger partial charge >= 0.3 is 0 Å². The average molecular weight is 316 g/mol. The molecule has 2 rings (SSSR count). The number of nitrogens with two attached hydrogens (primary N) is 1. The minimum Gasteiger partial charge on any atom is -0.381 e. The van der Waals surface area contributed by atoms with E-state index in [4.69, 9.17) is 10.5 Å². The Hall–Kier alpha value is -1.02. The largest absolute Gasteiger partial charge is 0.381 e. The first kappa shape index (κ1) is 16.4. The predicted octanol–water partition coefficient (Wildman–Crippen LogP) is 1.39. The quantitative estimate of drug-likeness (QED) is 0.911. The van der Waals surface area contributed by atoms with Crippen molar-refractivity contribution in [1.82, 2.24) is 4.31 Å². The van der Waals surface area contributed by atoms with Gasteiger partial charge in [0.15, 0.2) is 0 Å². The third-order valence-electron chi connectivity index (χ3n) is 3.95. The smallest absolute Gasteiger partial charge is 0.243 e. The molecule has 5 nitrogen and oxygen atoms in total. The van der Waals surface area contributed by atoms with Crippen LogP contribution in [0, 0.1) is 12.7 Å². The van der Waals surface area contributed by atoms with Crippen LogP contribution < -0.4 is 5.73 Å². The molecule has 0 spiro atoms. The molecule has 0 bridgehead atoms. The molecule has 21 heavy (non-hydrogen) atoms. The van der Waals surface area contributed by atoms with Crippen LogP contribution in [0.4, 0.5) is 4.39 Å². The Balaban J connectivity index is 2.40. The van der Waals surface area contributed by atoms with E-state index in [1.807, 2.05) is 0 Å². The zero-order valence-corrected chi connectivity index (χ0v) is 13.1. The van der Waals surface area contributed by atoms with Crippen LogP contribution in [0.5, 0.6) is 0 Å². The lowest BCUT2D eigenvalue weighted by Gasteiger charge is -2.31. The zero-order valence-electron chi connectivity index (χ0n) is 12.3. The van der Waals surface area contributed by atoms with Gasteiger partial charge in [-0.25, -0.2) is 12.8 Å². The summed E-state index contributed by atoms with van der Waals surface area (Å²) >= 11 is 0. The first-order valence-electron chi connectivity index (χ1n) is 6.92. The second-order valence-corrected chi connectivity index (χ2v) is 7.24. The summed E-state index contributed by atoms with van der Waals surface area (Å²) in [6, 6.07) is 2.62. The molecular formula is C14H21FN2O3S. The van der Waals surface area contributed by atoms with E-state index >= 15 is 0 Å². The Morgan fingerprint density at radius 3 is 2.57 bits per heavy atom. The Morgan fingerprint density at radius 2 is 2.00 bits per heavy atom. The fourth-order valence-electron chi connectivity index (χ4n) is 2.49. The summed E-state index contributed by atoms with van der Waals surface area (Å²) in [7, 11) is -2.20. The Labute approximate surface area is 124 Å². The molecule has 1 aromatic rings. The lowest BCUT2D eigenvalue weighted by atomic mass is 10.1. The van der Waals surface area contributed by atoms with Crippen LogP contribution in [0.15, 0.2) is 17.0 Å². The van der Waals surface area contributed by atoms with Crippen molar-refractivity contribution in [2.24, 2.45) is 5.73 Å². The van der Waals surface area contributed by atoms with Gasteiger partial charge < -0.3 is 10.5 Å². The molecule has 0 radical (unpaired) electrons. The number of sulfonamides is 1. The average Bonchev–Trinajstić information content (AvgIpc) is 2.49.